The van der Waals surface area contributed by atoms with E-state index in [1.807, 2.05) is 0 Å². The normalized spacial score (nSPS) is 25.5. The summed E-state index contributed by atoms with van der Waals surface area (Å²) in [6.45, 7) is 7.28. The van der Waals surface area contributed by atoms with Crippen LogP contribution in [0.1, 0.15) is 19.4 Å². The van der Waals surface area contributed by atoms with Gasteiger partial charge in [-0.2, -0.15) is 0 Å². The van der Waals surface area contributed by atoms with Crippen LogP contribution >= 0.6 is 15.9 Å². The number of hydrogen-bond donors (Lipinski definition) is 1. The third-order valence-corrected chi connectivity index (χ3v) is 4.46. The number of rotatable bonds is 2. The number of benzene rings is 1. The average Bonchev–Trinajstić information content (AvgIpc) is 2.35. The summed E-state index contributed by atoms with van der Waals surface area (Å²) in [5, 5.41) is 0. The lowest BCUT2D eigenvalue weighted by atomic mass is 10.1. The Labute approximate surface area is 118 Å². The summed E-state index contributed by atoms with van der Waals surface area (Å²) in [6.07, 6.45) is 0. The summed E-state index contributed by atoms with van der Waals surface area (Å²) < 4.78 is 1.10. The molecule has 1 aliphatic rings. The molecule has 0 aromatic heterocycles. The third-order valence-electron chi connectivity index (χ3n) is 3.96. The van der Waals surface area contributed by atoms with Crippen LogP contribution < -0.4 is 10.6 Å². The van der Waals surface area contributed by atoms with Crippen LogP contribution in [0, 0.1) is 0 Å². The van der Waals surface area contributed by atoms with Crippen molar-refractivity contribution in [1.82, 2.24) is 4.90 Å². The molecule has 0 spiro atoms. The smallest absolute Gasteiger partial charge is 0.0413 e. The van der Waals surface area contributed by atoms with Crippen molar-refractivity contribution < 1.29 is 0 Å². The van der Waals surface area contributed by atoms with E-state index in [9.17, 15) is 0 Å². The van der Waals surface area contributed by atoms with Gasteiger partial charge in [0.25, 0.3) is 0 Å². The van der Waals surface area contributed by atoms with Crippen molar-refractivity contribution >= 4 is 21.6 Å². The lowest BCUT2D eigenvalue weighted by molar-refractivity contribution is 0.170. The third kappa shape index (κ3) is 2.71. The van der Waals surface area contributed by atoms with Gasteiger partial charge in [-0.05, 0) is 44.7 Å². The molecule has 4 heteroatoms. The van der Waals surface area contributed by atoms with Gasteiger partial charge >= 0.3 is 0 Å². The van der Waals surface area contributed by atoms with E-state index < -0.39 is 0 Å². The second kappa shape index (κ2) is 5.59. The molecule has 18 heavy (non-hydrogen) atoms. The SMILES string of the molecule is CC1CN(c2ccc(Br)cc2CN)CC(C)N1C. The van der Waals surface area contributed by atoms with Gasteiger partial charge in [-0.15, -0.1) is 0 Å². The van der Waals surface area contributed by atoms with Gasteiger partial charge in [0.05, 0.1) is 0 Å². The standard InChI is InChI=1S/C14H22BrN3/c1-10-8-18(9-11(2)17(10)3)14-5-4-13(15)6-12(14)7-16/h4-6,10-11H,7-9,16H2,1-3H3. The molecule has 1 fully saturated rings. The Morgan fingerprint density at radius 2 is 1.89 bits per heavy atom. The molecule has 1 saturated heterocycles. The van der Waals surface area contributed by atoms with Gasteiger partial charge in [0.1, 0.15) is 0 Å². The van der Waals surface area contributed by atoms with Crippen LogP contribution in [0.2, 0.25) is 0 Å². The van der Waals surface area contributed by atoms with Crippen LogP contribution in [0.15, 0.2) is 22.7 Å². The van der Waals surface area contributed by atoms with Gasteiger partial charge < -0.3 is 10.6 Å². The molecular weight excluding hydrogens is 290 g/mol. The van der Waals surface area contributed by atoms with Gasteiger partial charge in [0.2, 0.25) is 0 Å². The first-order chi connectivity index (χ1) is 8.52. The molecule has 2 rings (SSSR count). The molecule has 1 heterocycles. The monoisotopic (exact) mass is 311 g/mol. The Balaban J connectivity index is 2.26. The van der Waals surface area contributed by atoms with Crippen LogP contribution in [-0.2, 0) is 6.54 Å². The van der Waals surface area contributed by atoms with E-state index >= 15 is 0 Å². The van der Waals surface area contributed by atoms with Gasteiger partial charge in [-0.3, -0.25) is 4.90 Å². The van der Waals surface area contributed by atoms with Gasteiger partial charge in [0, 0.05) is 41.9 Å². The van der Waals surface area contributed by atoms with Crippen molar-refractivity contribution in [2.75, 3.05) is 25.0 Å². The first-order valence-electron chi connectivity index (χ1n) is 6.48. The number of hydrogen-bond acceptors (Lipinski definition) is 3. The summed E-state index contributed by atoms with van der Waals surface area (Å²) in [6, 6.07) is 7.55. The number of nitrogens with zero attached hydrogens (tertiary/aromatic N) is 2. The zero-order chi connectivity index (χ0) is 13.3. The molecule has 2 N–H and O–H groups in total. The summed E-state index contributed by atoms with van der Waals surface area (Å²) in [7, 11) is 2.21. The van der Waals surface area contributed by atoms with Crippen LogP contribution in [-0.4, -0.2) is 37.1 Å². The van der Waals surface area contributed by atoms with Crippen LogP contribution in [0.4, 0.5) is 5.69 Å². The van der Waals surface area contributed by atoms with Crippen LogP contribution in [0.25, 0.3) is 0 Å². The fraction of sp³-hybridized carbons (Fsp3) is 0.571. The molecule has 0 saturated carbocycles. The highest BCUT2D eigenvalue weighted by molar-refractivity contribution is 9.10. The topological polar surface area (TPSA) is 32.5 Å². The molecule has 2 atom stereocenters. The Morgan fingerprint density at radius 1 is 1.28 bits per heavy atom. The van der Waals surface area contributed by atoms with Gasteiger partial charge in [-0.1, -0.05) is 15.9 Å². The molecule has 0 aliphatic carbocycles. The Hall–Kier alpha value is -0.580. The van der Waals surface area contributed by atoms with E-state index in [0.29, 0.717) is 18.6 Å². The highest BCUT2D eigenvalue weighted by atomic mass is 79.9. The predicted molar refractivity (Wildman–Crippen MR) is 80.9 cm³/mol. The zero-order valence-corrected chi connectivity index (χ0v) is 12.9. The number of piperazine rings is 1. The van der Waals surface area contributed by atoms with Crippen molar-refractivity contribution in [2.24, 2.45) is 5.73 Å². The first-order valence-corrected chi connectivity index (χ1v) is 7.27. The van der Waals surface area contributed by atoms with Crippen molar-refractivity contribution in [3.05, 3.63) is 28.2 Å². The van der Waals surface area contributed by atoms with Crippen molar-refractivity contribution in [1.29, 1.82) is 0 Å². The maximum absolute atomic E-state index is 5.86. The fourth-order valence-electron chi connectivity index (χ4n) is 2.63. The molecule has 3 nitrogen and oxygen atoms in total. The van der Waals surface area contributed by atoms with E-state index in [1.165, 1.54) is 11.3 Å². The molecular formula is C14H22BrN3. The molecule has 1 aliphatic heterocycles. The van der Waals surface area contributed by atoms with Gasteiger partial charge in [-0.25, -0.2) is 0 Å². The van der Waals surface area contributed by atoms with E-state index in [2.05, 4.69) is 64.8 Å². The Kier molecular flexibility index (Phi) is 4.30. The second-order valence-electron chi connectivity index (χ2n) is 5.25. The fourth-order valence-corrected chi connectivity index (χ4v) is 3.04. The summed E-state index contributed by atoms with van der Waals surface area (Å²) in [5.74, 6) is 0. The minimum Gasteiger partial charge on any atom is -0.368 e. The molecule has 0 radical (unpaired) electrons. The van der Waals surface area contributed by atoms with Gasteiger partial charge in [0.15, 0.2) is 0 Å². The first kappa shape index (κ1) is 13.8. The molecule has 0 amide bonds. The number of nitrogens with two attached hydrogens (primary N) is 1. The molecule has 100 valence electrons. The zero-order valence-electron chi connectivity index (χ0n) is 11.4. The number of likely N-dealkylation sites (N-methyl/N-ethyl adjacent to an activating group) is 1. The quantitative estimate of drug-likeness (QED) is 0.910. The lowest BCUT2D eigenvalue weighted by Crippen LogP contribution is -2.55. The van der Waals surface area contributed by atoms with E-state index in [-0.39, 0.29) is 0 Å². The Morgan fingerprint density at radius 3 is 2.44 bits per heavy atom. The lowest BCUT2D eigenvalue weighted by Gasteiger charge is -2.44. The van der Waals surface area contributed by atoms with Crippen molar-refractivity contribution in [2.45, 2.75) is 32.5 Å². The maximum atomic E-state index is 5.86. The minimum atomic E-state index is 0.572. The van der Waals surface area contributed by atoms with Crippen molar-refractivity contribution in [3.8, 4) is 0 Å². The predicted octanol–water partition coefficient (Wildman–Crippen LogP) is 2.44. The molecule has 1 aromatic carbocycles. The Bertz CT molecular complexity index is 410. The second-order valence-corrected chi connectivity index (χ2v) is 6.16. The minimum absolute atomic E-state index is 0.572. The highest BCUT2D eigenvalue weighted by Gasteiger charge is 2.27. The van der Waals surface area contributed by atoms with Crippen LogP contribution in [0.3, 0.4) is 0 Å². The molecule has 2 unspecified atom stereocenters. The largest absolute Gasteiger partial charge is 0.368 e. The molecule has 0 bridgehead atoms. The van der Waals surface area contributed by atoms with E-state index in [1.54, 1.807) is 0 Å². The number of halogens is 1. The van der Waals surface area contributed by atoms with E-state index in [4.69, 9.17) is 5.73 Å². The van der Waals surface area contributed by atoms with Crippen LogP contribution in [0.5, 0.6) is 0 Å². The molecule has 1 aromatic rings. The van der Waals surface area contributed by atoms with E-state index in [0.717, 1.165) is 17.6 Å². The maximum Gasteiger partial charge on any atom is 0.0413 e. The average molecular weight is 312 g/mol. The summed E-state index contributed by atoms with van der Waals surface area (Å²) in [5.41, 5.74) is 8.37. The van der Waals surface area contributed by atoms with Crippen molar-refractivity contribution in [3.63, 3.8) is 0 Å². The highest BCUT2D eigenvalue weighted by Crippen LogP contribution is 2.27. The summed E-state index contributed by atoms with van der Waals surface area (Å²) in [4.78, 5) is 4.90. The summed E-state index contributed by atoms with van der Waals surface area (Å²) >= 11 is 3.51. The number of anilines is 1.